The van der Waals surface area contributed by atoms with Crippen molar-refractivity contribution in [2.45, 2.75) is 13.8 Å². The summed E-state index contributed by atoms with van der Waals surface area (Å²) < 4.78 is 0. The molecule has 1 aromatic heterocycles. The Balaban J connectivity index is 2.26. The topological polar surface area (TPSA) is 90.1 Å². The van der Waals surface area contributed by atoms with E-state index < -0.39 is 11.9 Å². The van der Waals surface area contributed by atoms with Crippen LogP contribution in [-0.2, 0) is 4.79 Å². The van der Waals surface area contributed by atoms with E-state index in [2.05, 4.69) is 9.97 Å². The molecule has 1 fully saturated rings. The molecule has 0 aromatic carbocycles. The third-order valence-electron chi connectivity index (χ3n) is 3.17. The summed E-state index contributed by atoms with van der Waals surface area (Å²) in [6.45, 7) is 4.69. The van der Waals surface area contributed by atoms with E-state index in [9.17, 15) is 4.79 Å². The van der Waals surface area contributed by atoms with E-state index in [0.29, 0.717) is 30.4 Å². The zero-order chi connectivity index (χ0) is 13.3. The number of aryl methyl sites for hydroxylation is 1. The second-order valence-electron chi connectivity index (χ2n) is 4.63. The molecule has 0 radical (unpaired) electrons. The lowest BCUT2D eigenvalue weighted by atomic mass is 9.99. The predicted octanol–water partition coefficient (Wildman–Crippen LogP) is 0.814. The normalized spacial score (nSPS) is 22.8. The van der Waals surface area contributed by atoms with Crippen LogP contribution in [0.15, 0.2) is 6.07 Å². The van der Waals surface area contributed by atoms with Gasteiger partial charge in [-0.05, 0) is 18.9 Å². The first-order valence-corrected chi connectivity index (χ1v) is 5.75. The van der Waals surface area contributed by atoms with Crippen molar-refractivity contribution in [3.8, 4) is 6.07 Å². The molecular formula is C12H14N4O2. The summed E-state index contributed by atoms with van der Waals surface area (Å²) in [7, 11) is 0. The molecule has 0 amide bonds. The first-order valence-electron chi connectivity index (χ1n) is 5.75. The van der Waals surface area contributed by atoms with Crippen LogP contribution in [0.25, 0.3) is 0 Å². The van der Waals surface area contributed by atoms with Gasteiger partial charge in [0.2, 0.25) is 5.95 Å². The maximum atomic E-state index is 11.1. The molecule has 2 atom stereocenters. The van der Waals surface area contributed by atoms with Gasteiger partial charge in [0.25, 0.3) is 0 Å². The lowest BCUT2D eigenvalue weighted by molar-refractivity contribution is -0.142. The zero-order valence-electron chi connectivity index (χ0n) is 10.3. The van der Waals surface area contributed by atoms with Gasteiger partial charge in [-0.1, -0.05) is 6.92 Å². The number of rotatable bonds is 2. The van der Waals surface area contributed by atoms with E-state index in [-0.39, 0.29) is 5.92 Å². The summed E-state index contributed by atoms with van der Waals surface area (Å²) in [5.74, 6) is -0.697. The minimum Gasteiger partial charge on any atom is -0.481 e. The molecule has 1 N–H and O–H groups in total. The number of hydrogen-bond acceptors (Lipinski definition) is 5. The maximum Gasteiger partial charge on any atom is 0.308 e. The van der Waals surface area contributed by atoms with Gasteiger partial charge in [0, 0.05) is 18.8 Å². The first-order chi connectivity index (χ1) is 8.51. The molecule has 0 unspecified atom stereocenters. The van der Waals surface area contributed by atoms with Gasteiger partial charge in [-0.3, -0.25) is 4.79 Å². The number of carbonyl (C=O) groups is 1. The van der Waals surface area contributed by atoms with Gasteiger partial charge in [-0.15, -0.1) is 0 Å². The van der Waals surface area contributed by atoms with E-state index in [4.69, 9.17) is 10.4 Å². The zero-order valence-corrected chi connectivity index (χ0v) is 10.3. The molecule has 6 heteroatoms. The van der Waals surface area contributed by atoms with Crippen LogP contribution < -0.4 is 4.90 Å². The standard InChI is InChI=1S/C12H14N4O2/c1-7-5-16(6-10(7)11(17)18)12-14-8(2)3-9(4-13)15-12/h3,7,10H,5-6H2,1-2H3,(H,17,18)/t7-,10-/m1/s1. The van der Waals surface area contributed by atoms with Crippen molar-refractivity contribution < 1.29 is 9.90 Å². The molecule has 1 aliphatic rings. The molecule has 1 saturated heterocycles. The Labute approximate surface area is 105 Å². The lowest BCUT2D eigenvalue weighted by Gasteiger charge is -2.16. The van der Waals surface area contributed by atoms with Crippen LogP contribution in [0.5, 0.6) is 0 Å². The van der Waals surface area contributed by atoms with Crippen molar-refractivity contribution in [2.24, 2.45) is 11.8 Å². The number of hydrogen-bond donors (Lipinski definition) is 1. The third kappa shape index (κ3) is 2.25. The largest absolute Gasteiger partial charge is 0.481 e. The van der Waals surface area contributed by atoms with Crippen molar-refractivity contribution in [1.29, 1.82) is 5.26 Å². The summed E-state index contributed by atoms with van der Waals surface area (Å²) >= 11 is 0. The van der Waals surface area contributed by atoms with Gasteiger partial charge in [0.1, 0.15) is 11.8 Å². The minimum absolute atomic E-state index is 0.0529. The van der Waals surface area contributed by atoms with E-state index in [1.807, 2.05) is 17.9 Å². The number of aliphatic carboxylic acids is 1. The highest BCUT2D eigenvalue weighted by molar-refractivity contribution is 5.72. The Hall–Kier alpha value is -2.16. The predicted molar refractivity (Wildman–Crippen MR) is 64.0 cm³/mol. The van der Waals surface area contributed by atoms with Gasteiger partial charge in [0.05, 0.1) is 5.92 Å². The van der Waals surface area contributed by atoms with Crippen LogP contribution in [0.1, 0.15) is 18.3 Å². The van der Waals surface area contributed by atoms with E-state index >= 15 is 0 Å². The van der Waals surface area contributed by atoms with E-state index in [1.165, 1.54) is 0 Å². The second-order valence-corrected chi connectivity index (χ2v) is 4.63. The molecule has 2 rings (SSSR count). The molecule has 18 heavy (non-hydrogen) atoms. The lowest BCUT2D eigenvalue weighted by Crippen LogP contribution is -2.25. The third-order valence-corrected chi connectivity index (χ3v) is 3.17. The summed E-state index contributed by atoms with van der Waals surface area (Å²) in [4.78, 5) is 21.3. The Morgan fingerprint density at radius 2 is 2.28 bits per heavy atom. The smallest absolute Gasteiger partial charge is 0.308 e. The van der Waals surface area contributed by atoms with Crippen LogP contribution in [-0.4, -0.2) is 34.1 Å². The van der Waals surface area contributed by atoms with Crippen LogP contribution in [0.2, 0.25) is 0 Å². The molecule has 1 aliphatic heterocycles. The SMILES string of the molecule is Cc1cc(C#N)nc(N2C[C@@H](C)[C@H](C(=O)O)C2)n1. The average molecular weight is 246 g/mol. The number of carboxylic acid groups (broad SMARTS) is 1. The Bertz CT molecular complexity index is 523. The number of carboxylic acids is 1. The number of anilines is 1. The highest BCUT2D eigenvalue weighted by Gasteiger charge is 2.35. The Kier molecular flexibility index (Phi) is 3.15. The fourth-order valence-corrected chi connectivity index (χ4v) is 2.20. The van der Waals surface area contributed by atoms with Crippen LogP contribution >= 0.6 is 0 Å². The number of aromatic nitrogens is 2. The van der Waals surface area contributed by atoms with Gasteiger partial charge in [-0.2, -0.15) is 5.26 Å². The summed E-state index contributed by atoms with van der Waals surface area (Å²) in [5.41, 5.74) is 1.02. The fraction of sp³-hybridized carbons (Fsp3) is 0.500. The second kappa shape index (κ2) is 4.61. The molecule has 1 aromatic rings. The van der Waals surface area contributed by atoms with Gasteiger partial charge in [0.15, 0.2) is 0 Å². The van der Waals surface area contributed by atoms with Crippen molar-refractivity contribution in [3.05, 3.63) is 17.5 Å². The fourth-order valence-electron chi connectivity index (χ4n) is 2.20. The van der Waals surface area contributed by atoms with Crippen LogP contribution in [0, 0.1) is 30.1 Å². The van der Waals surface area contributed by atoms with Crippen molar-refractivity contribution in [2.75, 3.05) is 18.0 Å². The first kappa shape index (κ1) is 12.3. The number of nitriles is 1. The van der Waals surface area contributed by atoms with Crippen LogP contribution in [0.3, 0.4) is 0 Å². The summed E-state index contributed by atoms with van der Waals surface area (Å²) in [5, 5.41) is 18.0. The molecule has 0 spiro atoms. The molecule has 94 valence electrons. The van der Waals surface area contributed by atoms with Crippen molar-refractivity contribution in [1.82, 2.24) is 9.97 Å². The molecule has 0 aliphatic carbocycles. The summed E-state index contributed by atoms with van der Waals surface area (Å²) in [6, 6.07) is 3.59. The summed E-state index contributed by atoms with van der Waals surface area (Å²) in [6.07, 6.45) is 0. The van der Waals surface area contributed by atoms with Gasteiger partial charge in [-0.25, -0.2) is 9.97 Å². The monoisotopic (exact) mass is 246 g/mol. The molecule has 0 saturated carbocycles. The Morgan fingerprint density at radius 1 is 1.56 bits per heavy atom. The molecule has 2 heterocycles. The minimum atomic E-state index is -0.793. The number of nitrogens with zero attached hydrogens (tertiary/aromatic N) is 4. The average Bonchev–Trinajstić information content (AvgIpc) is 2.70. The van der Waals surface area contributed by atoms with Gasteiger partial charge < -0.3 is 10.0 Å². The Morgan fingerprint density at radius 3 is 2.83 bits per heavy atom. The van der Waals surface area contributed by atoms with E-state index in [1.54, 1.807) is 13.0 Å². The maximum absolute atomic E-state index is 11.1. The highest BCUT2D eigenvalue weighted by Crippen LogP contribution is 2.26. The van der Waals surface area contributed by atoms with Crippen LogP contribution in [0.4, 0.5) is 5.95 Å². The highest BCUT2D eigenvalue weighted by atomic mass is 16.4. The van der Waals surface area contributed by atoms with Crippen molar-refractivity contribution >= 4 is 11.9 Å². The quantitative estimate of drug-likeness (QED) is 0.830. The van der Waals surface area contributed by atoms with E-state index in [0.717, 1.165) is 0 Å². The molecule has 0 bridgehead atoms. The molecule has 6 nitrogen and oxygen atoms in total. The van der Waals surface area contributed by atoms with Gasteiger partial charge >= 0.3 is 5.97 Å². The van der Waals surface area contributed by atoms with Crippen molar-refractivity contribution in [3.63, 3.8) is 0 Å². The molecular weight excluding hydrogens is 232 g/mol.